The summed E-state index contributed by atoms with van der Waals surface area (Å²) in [5.74, 6) is 0.124. The number of aromatic hydroxyl groups is 1. The van der Waals surface area contributed by atoms with Crippen LogP contribution in [0.1, 0.15) is 23.6 Å². The lowest BCUT2D eigenvalue weighted by atomic mass is 10.0. The van der Waals surface area contributed by atoms with Crippen LogP contribution < -0.4 is 5.73 Å². The van der Waals surface area contributed by atoms with Gasteiger partial charge in [-0.1, -0.05) is 17.7 Å². The summed E-state index contributed by atoms with van der Waals surface area (Å²) in [6, 6.07) is 3.00. The van der Waals surface area contributed by atoms with E-state index in [1.165, 1.54) is 0 Å². The molecular formula is C10H14ClNO2. The summed E-state index contributed by atoms with van der Waals surface area (Å²) in [5.41, 5.74) is 7.02. The van der Waals surface area contributed by atoms with Crippen molar-refractivity contribution < 1.29 is 10.2 Å². The molecule has 0 aliphatic heterocycles. The van der Waals surface area contributed by atoms with Crippen LogP contribution >= 0.6 is 11.6 Å². The molecule has 3 nitrogen and oxygen atoms in total. The third-order valence-electron chi connectivity index (χ3n) is 2.18. The van der Waals surface area contributed by atoms with Crippen LogP contribution in [-0.2, 0) is 0 Å². The number of halogens is 1. The van der Waals surface area contributed by atoms with Crippen LogP contribution in [0.25, 0.3) is 0 Å². The van der Waals surface area contributed by atoms with Crippen LogP contribution in [0.5, 0.6) is 5.75 Å². The highest BCUT2D eigenvalue weighted by atomic mass is 35.5. The Kier molecular flexibility index (Phi) is 3.75. The van der Waals surface area contributed by atoms with E-state index in [1.807, 2.05) is 0 Å². The number of aliphatic hydroxyl groups is 1. The van der Waals surface area contributed by atoms with Crippen molar-refractivity contribution in [2.45, 2.75) is 19.4 Å². The smallest absolute Gasteiger partial charge is 0.124 e. The Hall–Kier alpha value is -0.770. The Morgan fingerprint density at radius 1 is 1.50 bits per heavy atom. The van der Waals surface area contributed by atoms with E-state index in [0.717, 1.165) is 5.56 Å². The predicted octanol–water partition coefficient (Wildman–Crippen LogP) is 1.74. The van der Waals surface area contributed by atoms with Gasteiger partial charge in [-0.3, -0.25) is 0 Å². The summed E-state index contributed by atoms with van der Waals surface area (Å²) < 4.78 is 0. The molecule has 4 N–H and O–H groups in total. The standard InChI is InChI=1S/C10H14ClNO2/c1-6-2-3-7(11)9(10(6)14)8(12)4-5-13/h2-3,8,13-14H,4-5,12H2,1H3. The highest BCUT2D eigenvalue weighted by Gasteiger charge is 2.15. The first-order chi connectivity index (χ1) is 6.57. The molecule has 0 radical (unpaired) electrons. The van der Waals surface area contributed by atoms with Gasteiger partial charge in [0, 0.05) is 23.2 Å². The van der Waals surface area contributed by atoms with Gasteiger partial charge >= 0.3 is 0 Å². The lowest BCUT2D eigenvalue weighted by Gasteiger charge is -2.15. The van der Waals surface area contributed by atoms with E-state index in [-0.39, 0.29) is 12.4 Å². The van der Waals surface area contributed by atoms with Crippen molar-refractivity contribution in [3.8, 4) is 5.75 Å². The number of rotatable bonds is 3. The maximum absolute atomic E-state index is 9.73. The van der Waals surface area contributed by atoms with Gasteiger partial charge in [0.2, 0.25) is 0 Å². The molecule has 0 spiro atoms. The molecule has 0 aliphatic rings. The summed E-state index contributed by atoms with van der Waals surface area (Å²) in [5, 5.41) is 18.9. The first kappa shape index (κ1) is 11.3. The zero-order valence-electron chi connectivity index (χ0n) is 8.00. The number of phenols is 1. The average Bonchev–Trinajstić information content (AvgIpc) is 2.13. The lowest BCUT2D eigenvalue weighted by Crippen LogP contribution is -2.13. The molecule has 0 saturated carbocycles. The van der Waals surface area contributed by atoms with Crippen LogP contribution in [0.3, 0.4) is 0 Å². The minimum Gasteiger partial charge on any atom is -0.507 e. The van der Waals surface area contributed by atoms with Gasteiger partial charge in [0.25, 0.3) is 0 Å². The molecule has 1 unspecified atom stereocenters. The Morgan fingerprint density at radius 2 is 2.14 bits per heavy atom. The maximum atomic E-state index is 9.73. The van der Waals surface area contributed by atoms with Gasteiger partial charge in [0.05, 0.1) is 0 Å². The highest BCUT2D eigenvalue weighted by Crippen LogP contribution is 2.34. The van der Waals surface area contributed by atoms with Crippen molar-refractivity contribution in [2.75, 3.05) is 6.61 Å². The van der Waals surface area contributed by atoms with E-state index < -0.39 is 6.04 Å². The minimum absolute atomic E-state index is 0.0229. The van der Waals surface area contributed by atoms with E-state index in [2.05, 4.69) is 0 Å². The van der Waals surface area contributed by atoms with Gasteiger partial charge in [-0.25, -0.2) is 0 Å². The van der Waals surface area contributed by atoms with Crippen LogP contribution in [-0.4, -0.2) is 16.8 Å². The fourth-order valence-corrected chi connectivity index (χ4v) is 1.62. The molecule has 0 heterocycles. The Bertz CT molecular complexity index is 328. The molecule has 0 saturated heterocycles. The van der Waals surface area contributed by atoms with Crippen LogP contribution in [0, 0.1) is 6.92 Å². The molecule has 1 aromatic rings. The highest BCUT2D eigenvalue weighted by molar-refractivity contribution is 6.31. The van der Waals surface area contributed by atoms with E-state index in [1.54, 1.807) is 19.1 Å². The molecule has 1 atom stereocenters. The van der Waals surface area contributed by atoms with Gasteiger partial charge in [-0.2, -0.15) is 0 Å². The number of phenolic OH excluding ortho intramolecular Hbond substituents is 1. The summed E-state index contributed by atoms with van der Waals surface area (Å²) in [4.78, 5) is 0. The van der Waals surface area contributed by atoms with Crippen molar-refractivity contribution in [3.63, 3.8) is 0 Å². The first-order valence-corrected chi connectivity index (χ1v) is 4.80. The Labute approximate surface area is 88.1 Å². The number of hydrogen-bond acceptors (Lipinski definition) is 3. The van der Waals surface area contributed by atoms with E-state index in [9.17, 15) is 5.11 Å². The molecule has 14 heavy (non-hydrogen) atoms. The van der Waals surface area contributed by atoms with E-state index in [0.29, 0.717) is 17.0 Å². The molecule has 1 rings (SSSR count). The number of aryl methyl sites for hydroxylation is 1. The number of nitrogens with two attached hydrogens (primary N) is 1. The molecule has 0 aliphatic carbocycles. The number of aliphatic hydroxyl groups excluding tert-OH is 1. The van der Waals surface area contributed by atoms with Gasteiger partial charge in [0.15, 0.2) is 0 Å². The Balaban J connectivity index is 3.11. The van der Waals surface area contributed by atoms with Crippen LogP contribution in [0.15, 0.2) is 12.1 Å². The molecule has 0 bridgehead atoms. The molecule has 4 heteroatoms. The molecule has 0 amide bonds. The fourth-order valence-electron chi connectivity index (χ4n) is 1.33. The maximum Gasteiger partial charge on any atom is 0.124 e. The van der Waals surface area contributed by atoms with Crippen molar-refractivity contribution in [3.05, 3.63) is 28.3 Å². The summed E-state index contributed by atoms with van der Waals surface area (Å²) >= 11 is 5.91. The van der Waals surface area contributed by atoms with Crippen LogP contribution in [0.2, 0.25) is 5.02 Å². The first-order valence-electron chi connectivity index (χ1n) is 4.42. The van der Waals surface area contributed by atoms with Crippen molar-refractivity contribution in [2.24, 2.45) is 5.73 Å². The molecule has 0 aromatic heterocycles. The summed E-state index contributed by atoms with van der Waals surface area (Å²) in [6.45, 7) is 1.76. The Morgan fingerprint density at radius 3 is 2.71 bits per heavy atom. The monoisotopic (exact) mass is 215 g/mol. The quantitative estimate of drug-likeness (QED) is 0.720. The van der Waals surface area contributed by atoms with Gasteiger partial charge < -0.3 is 15.9 Å². The number of benzene rings is 1. The van der Waals surface area contributed by atoms with Gasteiger partial charge in [0.1, 0.15) is 5.75 Å². The summed E-state index contributed by atoms with van der Waals surface area (Å²) in [7, 11) is 0. The molecule has 0 fully saturated rings. The summed E-state index contributed by atoms with van der Waals surface area (Å²) in [6.07, 6.45) is 0.386. The van der Waals surface area contributed by atoms with Crippen molar-refractivity contribution >= 4 is 11.6 Å². The van der Waals surface area contributed by atoms with E-state index >= 15 is 0 Å². The fraction of sp³-hybridized carbons (Fsp3) is 0.400. The molecular weight excluding hydrogens is 202 g/mol. The molecule has 78 valence electrons. The third-order valence-corrected chi connectivity index (χ3v) is 2.51. The second kappa shape index (κ2) is 4.64. The second-order valence-electron chi connectivity index (χ2n) is 3.25. The number of hydrogen-bond donors (Lipinski definition) is 3. The zero-order chi connectivity index (χ0) is 10.7. The average molecular weight is 216 g/mol. The normalized spacial score (nSPS) is 12.9. The minimum atomic E-state index is -0.424. The topological polar surface area (TPSA) is 66.5 Å². The van der Waals surface area contributed by atoms with Crippen molar-refractivity contribution in [1.29, 1.82) is 0 Å². The van der Waals surface area contributed by atoms with E-state index in [4.69, 9.17) is 22.4 Å². The third kappa shape index (κ3) is 2.18. The van der Waals surface area contributed by atoms with Gasteiger partial charge in [-0.15, -0.1) is 0 Å². The second-order valence-corrected chi connectivity index (χ2v) is 3.65. The lowest BCUT2D eigenvalue weighted by molar-refractivity contribution is 0.275. The van der Waals surface area contributed by atoms with Gasteiger partial charge in [-0.05, 0) is 25.0 Å². The van der Waals surface area contributed by atoms with Crippen molar-refractivity contribution in [1.82, 2.24) is 0 Å². The largest absolute Gasteiger partial charge is 0.507 e. The zero-order valence-corrected chi connectivity index (χ0v) is 8.75. The van der Waals surface area contributed by atoms with Crippen LogP contribution in [0.4, 0.5) is 0 Å². The molecule has 1 aromatic carbocycles. The predicted molar refractivity (Wildman–Crippen MR) is 56.5 cm³/mol. The SMILES string of the molecule is Cc1ccc(Cl)c(C(N)CCO)c1O.